The van der Waals surface area contributed by atoms with Crippen LogP contribution < -0.4 is 5.73 Å². The monoisotopic (exact) mass is 245 g/mol. The van der Waals surface area contributed by atoms with Crippen LogP contribution in [0.2, 0.25) is 0 Å². The molecule has 0 aromatic rings. The second-order valence-corrected chi connectivity index (χ2v) is 5.07. The van der Waals surface area contributed by atoms with Gasteiger partial charge in [0.05, 0.1) is 18.3 Å². The summed E-state index contributed by atoms with van der Waals surface area (Å²) in [5.74, 6) is 0.161. The van der Waals surface area contributed by atoms with Crippen molar-refractivity contribution in [1.29, 1.82) is 0 Å². The molecule has 4 nitrogen and oxygen atoms in total. The van der Waals surface area contributed by atoms with E-state index >= 15 is 0 Å². The fourth-order valence-corrected chi connectivity index (χ4v) is 1.37. The highest BCUT2D eigenvalue weighted by Crippen LogP contribution is 2.15. The highest BCUT2D eigenvalue weighted by Gasteiger charge is 2.18. The van der Waals surface area contributed by atoms with E-state index < -0.39 is 0 Å². The average molecular weight is 245 g/mol. The van der Waals surface area contributed by atoms with Gasteiger partial charge in [0.25, 0.3) is 0 Å². The van der Waals surface area contributed by atoms with Gasteiger partial charge >= 0.3 is 0 Å². The zero-order chi connectivity index (χ0) is 13.3. The van der Waals surface area contributed by atoms with E-state index in [9.17, 15) is 4.79 Å². The fourth-order valence-electron chi connectivity index (χ4n) is 1.37. The molecule has 17 heavy (non-hydrogen) atoms. The van der Waals surface area contributed by atoms with Gasteiger partial charge in [-0.1, -0.05) is 0 Å². The second-order valence-electron chi connectivity index (χ2n) is 5.07. The minimum atomic E-state index is -0.238. The second kappa shape index (κ2) is 8.61. The maximum absolute atomic E-state index is 10.8. The Hall–Kier alpha value is -0.450. The van der Waals surface area contributed by atoms with E-state index in [0.717, 1.165) is 12.8 Å². The third kappa shape index (κ3) is 10.4. The lowest BCUT2D eigenvalue weighted by atomic mass is 10.1. The molecule has 1 unspecified atom stereocenters. The van der Waals surface area contributed by atoms with E-state index in [4.69, 9.17) is 15.2 Å². The van der Waals surface area contributed by atoms with Gasteiger partial charge in [0.2, 0.25) is 0 Å². The van der Waals surface area contributed by atoms with Gasteiger partial charge in [0.15, 0.2) is 0 Å². The van der Waals surface area contributed by atoms with Crippen LogP contribution in [0, 0.1) is 0 Å². The van der Waals surface area contributed by atoms with Crippen molar-refractivity contribution in [2.45, 2.75) is 58.7 Å². The third-order valence-corrected chi connectivity index (χ3v) is 2.63. The van der Waals surface area contributed by atoms with Crippen LogP contribution in [0.5, 0.6) is 0 Å². The smallest absolute Gasteiger partial charge is 0.132 e. The molecule has 4 heteroatoms. The fraction of sp³-hybridized carbons (Fsp3) is 0.923. The van der Waals surface area contributed by atoms with Crippen LogP contribution in [-0.4, -0.2) is 37.2 Å². The van der Waals surface area contributed by atoms with Crippen molar-refractivity contribution < 1.29 is 14.3 Å². The molecule has 0 heterocycles. The first kappa shape index (κ1) is 16.6. The van der Waals surface area contributed by atoms with Crippen LogP contribution in [0.4, 0.5) is 0 Å². The Labute approximate surface area is 105 Å². The number of hydrogen-bond donors (Lipinski definition) is 1. The zero-order valence-electron chi connectivity index (χ0n) is 11.6. The summed E-state index contributed by atoms with van der Waals surface area (Å²) in [5, 5.41) is 0. The molecule has 0 saturated carbocycles. The summed E-state index contributed by atoms with van der Waals surface area (Å²) < 4.78 is 11.3. The van der Waals surface area contributed by atoms with Gasteiger partial charge in [-0.15, -0.1) is 0 Å². The number of hydrogen-bond acceptors (Lipinski definition) is 4. The van der Waals surface area contributed by atoms with E-state index in [1.807, 2.05) is 20.8 Å². The molecule has 0 amide bonds. The number of nitrogens with two attached hydrogens (primary N) is 1. The summed E-state index contributed by atoms with van der Waals surface area (Å²) in [6.45, 7) is 9.44. The largest absolute Gasteiger partial charge is 0.378 e. The number of Topliss-reactive ketones (excluding diaryl/α,β-unsaturated/α-hetero) is 1. The summed E-state index contributed by atoms with van der Waals surface area (Å²) >= 11 is 0. The standard InChI is InChI=1S/C13H27NO3/c1-11(15)6-9-17-13(3,4)7-10-16-12(2)5-8-14/h12H,5-10,14H2,1-4H3. The Morgan fingerprint density at radius 1 is 1.35 bits per heavy atom. The van der Waals surface area contributed by atoms with Gasteiger partial charge in [-0.3, -0.25) is 4.79 Å². The van der Waals surface area contributed by atoms with Gasteiger partial charge in [-0.25, -0.2) is 0 Å². The average Bonchev–Trinajstić information content (AvgIpc) is 2.16. The van der Waals surface area contributed by atoms with Crippen molar-refractivity contribution in [3.63, 3.8) is 0 Å². The Balaban J connectivity index is 3.66. The molecular weight excluding hydrogens is 218 g/mol. The summed E-state index contributed by atoms with van der Waals surface area (Å²) in [6, 6.07) is 0. The molecule has 1 atom stereocenters. The third-order valence-electron chi connectivity index (χ3n) is 2.63. The minimum Gasteiger partial charge on any atom is -0.378 e. The highest BCUT2D eigenvalue weighted by atomic mass is 16.5. The first-order chi connectivity index (χ1) is 7.87. The van der Waals surface area contributed by atoms with Gasteiger partial charge < -0.3 is 15.2 Å². The number of rotatable bonds is 10. The number of ether oxygens (including phenoxy) is 2. The van der Waals surface area contributed by atoms with Crippen molar-refractivity contribution in [2.75, 3.05) is 19.8 Å². The van der Waals surface area contributed by atoms with Crippen molar-refractivity contribution in [3.05, 3.63) is 0 Å². The van der Waals surface area contributed by atoms with Gasteiger partial charge in [-0.2, -0.15) is 0 Å². The van der Waals surface area contributed by atoms with Crippen LogP contribution in [-0.2, 0) is 14.3 Å². The summed E-state index contributed by atoms with van der Waals surface area (Å²) in [4.78, 5) is 10.8. The summed E-state index contributed by atoms with van der Waals surface area (Å²) in [5.41, 5.74) is 5.21. The van der Waals surface area contributed by atoms with E-state index in [1.165, 1.54) is 0 Å². The van der Waals surface area contributed by atoms with Crippen LogP contribution >= 0.6 is 0 Å². The maximum Gasteiger partial charge on any atom is 0.132 e. The van der Waals surface area contributed by atoms with Crippen LogP contribution in [0.1, 0.15) is 47.0 Å². The normalized spacial score (nSPS) is 13.7. The topological polar surface area (TPSA) is 61.5 Å². The van der Waals surface area contributed by atoms with Crippen molar-refractivity contribution >= 4 is 5.78 Å². The lowest BCUT2D eigenvalue weighted by Gasteiger charge is -2.26. The van der Waals surface area contributed by atoms with E-state index in [2.05, 4.69) is 0 Å². The number of ketones is 1. The van der Waals surface area contributed by atoms with Crippen molar-refractivity contribution in [1.82, 2.24) is 0 Å². The van der Waals surface area contributed by atoms with Crippen molar-refractivity contribution in [3.8, 4) is 0 Å². The first-order valence-electron chi connectivity index (χ1n) is 6.32. The Bertz CT molecular complexity index is 217. The molecule has 0 radical (unpaired) electrons. The highest BCUT2D eigenvalue weighted by molar-refractivity contribution is 5.75. The zero-order valence-corrected chi connectivity index (χ0v) is 11.6. The Morgan fingerprint density at radius 2 is 2.00 bits per heavy atom. The van der Waals surface area contributed by atoms with Crippen molar-refractivity contribution in [2.24, 2.45) is 5.73 Å². The SMILES string of the molecule is CC(=O)CCOC(C)(C)CCOC(C)CCN. The quantitative estimate of drug-likeness (QED) is 0.638. The van der Waals surface area contributed by atoms with Crippen LogP contribution in [0.25, 0.3) is 0 Å². The molecular formula is C13H27NO3. The molecule has 102 valence electrons. The number of carbonyl (C=O) groups excluding carboxylic acids is 1. The molecule has 0 bridgehead atoms. The molecule has 0 fully saturated rings. The molecule has 2 N–H and O–H groups in total. The molecule has 0 spiro atoms. The first-order valence-corrected chi connectivity index (χ1v) is 6.32. The van der Waals surface area contributed by atoms with Gasteiger partial charge in [-0.05, 0) is 47.1 Å². The van der Waals surface area contributed by atoms with E-state index in [0.29, 0.717) is 26.2 Å². The van der Waals surface area contributed by atoms with Crippen LogP contribution in [0.15, 0.2) is 0 Å². The van der Waals surface area contributed by atoms with Crippen LogP contribution in [0.3, 0.4) is 0 Å². The van der Waals surface area contributed by atoms with Gasteiger partial charge in [0.1, 0.15) is 5.78 Å². The maximum atomic E-state index is 10.8. The lowest BCUT2D eigenvalue weighted by Crippen LogP contribution is -2.28. The van der Waals surface area contributed by atoms with E-state index in [1.54, 1.807) is 6.92 Å². The molecule has 0 aliphatic carbocycles. The molecule has 0 aromatic heterocycles. The van der Waals surface area contributed by atoms with E-state index in [-0.39, 0.29) is 17.5 Å². The predicted molar refractivity (Wildman–Crippen MR) is 69.0 cm³/mol. The molecule has 0 aliphatic rings. The minimum absolute atomic E-state index is 0.161. The molecule has 0 saturated heterocycles. The predicted octanol–water partition coefficient (Wildman–Crippen LogP) is 1.90. The lowest BCUT2D eigenvalue weighted by molar-refractivity contribution is -0.119. The van der Waals surface area contributed by atoms with Gasteiger partial charge in [0, 0.05) is 13.0 Å². The Kier molecular flexibility index (Phi) is 8.39. The summed E-state index contributed by atoms with van der Waals surface area (Å²) in [7, 11) is 0. The number of carbonyl (C=O) groups is 1. The molecule has 0 aliphatic heterocycles. The summed E-state index contributed by atoms with van der Waals surface area (Å²) in [6.07, 6.45) is 2.38. The molecule has 0 rings (SSSR count). The Morgan fingerprint density at radius 3 is 2.53 bits per heavy atom. The molecule has 0 aromatic carbocycles.